The van der Waals surface area contributed by atoms with Crippen LogP contribution in [0.5, 0.6) is 0 Å². The van der Waals surface area contributed by atoms with Gasteiger partial charge < -0.3 is 9.94 Å². The van der Waals surface area contributed by atoms with E-state index in [0.29, 0.717) is 23.5 Å². The molecule has 4 aliphatic rings. The Bertz CT molecular complexity index is 853. The number of fused-ring (bicyclic) bond motifs is 5. The van der Waals surface area contributed by atoms with Crippen molar-refractivity contribution in [1.29, 1.82) is 0 Å². The molecule has 0 aromatic heterocycles. The first-order chi connectivity index (χ1) is 15.0. The summed E-state index contributed by atoms with van der Waals surface area (Å²) in [7, 11) is 0. The summed E-state index contributed by atoms with van der Waals surface area (Å²) in [5.41, 5.74) is 2.12. The fourth-order valence-corrected chi connectivity index (χ4v) is 8.54. The molecule has 3 saturated carbocycles. The summed E-state index contributed by atoms with van der Waals surface area (Å²) in [5, 5.41) is 24.9. The van der Waals surface area contributed by atoms with E-state index in [1.807, 2.05) is 6.92 Å². The van der Waals surface area contributed by atoms with Crippen molar-refractivity contribution in [2.24, 2.45) is 45.6 Å². The molecule has 9 atom stereocenters. The monoisotopic (exact) mass is 446 g/mol. The lowest BCUT2D eigenvalue weighted by molar-refractivity contribution is -0.528. The van der Waals surface area contributed by atoms with Crippen molar-refractivity contribution in [3.05, 3.63) is 21.8 Å². The molecule has 178 valence electrons. The van der Waals surface area contributed by atoms with Crippen LogP contribution in [-0.4, -0.2) is 34.0 Å². The van der Waals surface area contributed by atoms with E-state index >= 15 is 0 Å². The normalized spacial score (nSPS) is 44.5. The van der Waals surface area contributed by atoms with Gasteiger partial charge in [0.1, 0.15) is 6.10 Å². The highest BCUT2D eigenvalue weighted by molar-refractivity contribution is 5.85. The minimum absolute atomic E-state index is 0.0122. The van der Waals surface area contributed by atoms with E-state index in [4.69, 9.17) is 4.74 Å². The third-order valence-electron chi connectivity index (χ3n) is 10.1. The van der Waals surface area contributed by atoms with Gasteiger partial charge in [-0.15, -0.1) is 0 Å². The molecule has 0 radical (unpaired) electrons. The number of allylic oxidation sites excluding steroid dienone is 1. The number of oxime groups is 1. The van der Waals surface area contributed by atoms with Gasteiger partial charge in [0.25, 0.3) is 0 Å². The van der Waals surface area contributed by atoms with Crippen LogP contribution < -0.4 is 0 Å². The van der Waals surface area contributed by atoms with E-state index in [1.54, 1.807) is 6.92 Å². The number of carbonyl (C=O) groups excluding carboxylic acids is 1. The zero-order valence-electron chi connectivity index (χ0n) is 20.0. The molecule has 4 aliphatic carbocycles. The smallest absolute Gasteiger partial charge is 0.302 e. The van der Waals surface area contributed by atoms with Gasteiger partial charge in [0.05, 0.1) is 5.71 Å². The highest BCUT2D eigenvalue weighted by atomic mass is 16.6. The first-order valence-corrected chi connectivity index (χ1v) is 12.2. The predicted molar refractivity (Wildman–Crippen MR) is 121 cm³/mol. The maximum absolute atomic E-state index is 11.7. The summed E-state index contributed by atoms with van der Waals surface area (Å²) in [6, 6.07) is -0.651. The lowest BCUT2D eigenvalue weighted by Crippen LogP contribution is -2.51. The molecular formula is C25H38N2O5. The molecule has 0 bridgehead atoms. The Morgan fingerprint density at radius 1 is 1.28 bits per heavy atom. The highest BCUT2D eigenvalue weighted by Gasteiger charge is 2.63. The fourth-order valence-electron chi connectivity index (χ4n) is 8.54. The Balaban J connectivity index is 1.65. The van der Waals surface area contributed by atoms with Crippen LogP contribution in [0.25, 0.3) is 0 Å². The van der Waals surface area contributed by atoms with Gasteiger partial charge in [-0.2, -0.15) is 0 Å². The lowest BCUT2D eigenvalue weighted by atomic mass is 9.47. The summed E-state index contributed by atoms with van der Waals surface area (Å²) >= 11 is 0. The van der Waals surface area contributed by atoms with Gasteiger partial charge in [0.15, 0.2) is 0 Å². The van der Waals surface area contributed by atoms with Crippen LogP contribution in [0.1, 0.15) is 79.6 Å². The molecule has 32 heavy (non-hydrogen) atoms. The predicted octanol–water partition coefficient (Wildman–Crippen LogP) is 5.24. The maximum Gasteiger partial charge on any atom is 0.302 e. The lowest BCUT2D eigenvalue weighted by Gasteiger charge is -2.58. The molecule has 0 saturated heterocycles. The average Bonchev–Trinajstić information content (AvgIpc) is 3.05. The molecule has 0 aromatic rings. The second kappa shape index (κ2) is 8.14. The van der Waals surface area contributed by atoms with Crippen LogP contribution in [0.2, 0.25) is 0 Å². The molecule has 0 amide bonds. The van der Waals surface area contributed by atoms with Crippen molar-refractivity contribution < 1.29 is 19.7 Å². The molecule has 0 heterocycles. The Labute approximate surface area is 190 Å². The van der Waals surface area contributed by atoms with Gasteiger partial charge in [-0.05, 0) is 74.0 Å². The Hall–Kier alpha value is -1.92. The van der Waals surface area contributed by atoms with Crippen LogP contribution in [0.15, 0.2) is 16.8 Å². The van der Waals surface area contributed by atoms with Crippen LogP contribution in [0, 0.1) is 50.5 Å². The minimum atomic E-state index is -0.651. The SMILES string of the molecule is CC(=O)O[C@H]1CC[C@@]2(C)C(=CC[C@H]3[C@@H]4C[C@@H]([C@@H](C)[N+](=O)[O-])[C@H](/C(C)=N\O)[C@@]4(C)CC[C@@H]32)C1. The first-order valence-electron chi connectivity index (χ1n) is 12.2. The van der Waals surface area contributed by atoms with Crippen molar-refractivity contribution in [3.63, 3.8) is 0 Å². The van der Waals surface area contributed by atoms with Crippen molar-refractivity contribution in [2.75, 3.05) is 0 Å². The molecule has 3 fully saturated rings. The maximum atomic E-state index is 11.7. The largest absolute Gasteiger partial charge is 0.462 e. The molecule has 7 heteroatoms. The van der Waals surface area contributed by atoms with Crippen molar-refractivity contribution >= 4 is 11.7 Å². The number of nitrogens with zero attached hydrogens (tertiary/aromatic N) is 2. The second-order valence-electron chi connectivity index (χ2n) is 11.4. The summed E-state index contributed by atoms with van der Waals surface area (Å²) in [6.45, 7) is 9.72. The zero-order chi connectivity index (χ0) is 23.4. The topological polar surface area (TPSA) is 102 Å². The standard InChI is InChI=1S/C25H38N2O5/c1-14(26-29)23-20(15(2)27(30)31)13-22-19-7-6-17-12-18(32-16(3)28)8-10-24(17,4)21(19)9-11-25(22,23)5/h6,15,18-23,29H,7-13H2,1-5H3/b26-14-/t15-,18+,19-,20+,21+,22+,23+,24+,25+/m1/s1. The number of hydrogen-bond acceptors (Lipinski definition) is 6. The van der Waals surface area contributed by atoms with Crippen LogP contribution in [-0.2, 0) is 9.53 Å². The molecule has 0 unspecified atom stereocenters. The molecule has 0 spiro atoms. The number of esters is 1. The van der Waals surface area contributed by atoms with E-state index in [2.05, 4.69) is 25.1 Å². The highest BCUT2D eigenvalue weighted by Crippen LogP contribution is 2.68. The quantitative estimate of drug-likeness (QED) is 0.159. The number of nitro groups is 1. The number of carbonyl (C=O) groups is 1. The van der Waals surface area contributed by atoms with E-state index in [9.17, 15) is 20.1 Å². The van der Waals surface area contributed by atoms with E-state index in [1.165, 1.54) is 12.5 Å². The first kappa shape index (κ1) is 23.2. The van der Waals surface area contributed by atoms with E-state index in [-0.39, 0.29) is 39.7 Å². The summed E-state index contributed by atoms with van der Waals surface area (Å²) in [4.78, 5) is 23.1. The molecule has 4 rings (SSSR count). The molecule has 7 nitrogen and oxygen atoms in total. The number of ether oxygens (including phenoxy) is 1. The fraction of sp³-hybridized carbons (Fsp3) is 0.840. The molecule has 0 aliphatic heterocycles. The van der Waals surface area contributed by atoms with Crippen molar-refractivity contribution in [2.45, 2.75) is 91.7 Å². The van der Waals surface area contributed by atoms with E-state index < -0.39 is 6.04 Å². The third kappa shape index (κ3) is 3.47. The van der Waals surface area contributed by atoms with Crippen molar-refractivity contribution in [3.8, 4) is 0 Å². The third-order valence-corrected chi connectivity index (χ3v) is 10.1. The number of rotatable bonds is 4. The van der Waals surface area contributed by atoms with Crippen molar-refractivity contribution in [1.82, 2.24) is 0 Å². The van der Waals surface area contributed by atoms with Crippen LogP contribution in [0.3, 0.4) is 0 Å². The number of hydrogen-bond donors (Lipinski definition) is 1. The Morgan fingerprint density at radius 2 is 2.00 bits per heavy atom. The Morgan fingerprint density at radius 3 is 2.62 bits per heavy atom. The van der Waals surface area contributed by atoms with Gasteiger partial charge in [-0.25, -0.2) is 0 Å². The molecule has 0 aromatic carbocycles. The Kier molecular flexibility index (Phi) is 5.91. The zero-order valence-corrected chi connectivity index (χ0v) is 20.0. The summed E-state index contributed by atoms with van der Waals surface area (Å²) in [5.74, 6) is 1.06. The average molecular weight is 447 g/mol. The van der Waals surface area contributed by atoms with Gasteiger partial charge in [0.2, 0.25) is 6.04 Å². The van der Waals surface area contributed by atoms with Gasteiger partial charge in [0, 0.05) is 37.0 Å². The van der Waals surface area contributed by atoms with Gasteiger partial charge in [-0.1, -0.05) is 30.7 Å². The summed E-state index contributed by atoms with van der Waals surface area (Å²) < 4.78 is 5.54. The van der Waals surface area contributed by atoms with Gasteiger partial charge >= 0.3 is 5.97 Å². The second-order valence-corrected chi connectivity index (χ2v) is 11.4. The van der Waals surface area contributed by atoms with E-state index in [0.717, 1.165) is 44.9 Å². The summed E-state index contributed by atoms with van der Waals surface area (Å²) in [6.07, 6.45) is 9.07. The molecule has 1 N–H and O–H groups in total. The molecular weight excluding hydrogens is 408 g/mol. The van der Waals surface area contributed by atoms with Gasteiger partial charge in [-0.3, -0.25) is 14.9 Å². The van der Waals surface area contributed by atoms with Crippen LogP contribution in [0.4, 0.5) is 0 Å². The van der Waals surface area contributed by atoms with Crippen LogP contribution >= 0.6 is 0 Å². The minimum Gasteiger partial charge on any atom is -0.462 e.